The van der Waals surface area contributed by atoms with E-state index < -0.39 is 17.9 Å². The Morgan fingerprint density at radius 1 is 1.28 bits per heavy atom. The van der Waals surface area contributed by atoms with Gasteiger partial charge in [0.05, 0.1) is 24.2 Å². The molecule has 0 saturated carbocycles. The van der Waals surface area contributed by atoms with Crippen molar-refractivity contribution >= 4 is 28.6 Å². The first-order valence-corrected chi connectivity index (χ1v) is 9.22. The van der Waals surface area contributed by atoms with E-state index in [1.807, 2.05) is 6.92 Å². The number of nitrogens with zero attached hydrogens (tertiary/aromatic N) is 2. The lowest BCUT2D eigenvalue weighted by Gasteiger charge is -2.15. The lowest BCUT2D eigenvalue weighted by atomic mass is 9.99. The molecule has 1 atom stereocenters. The number of hydrogen-bond acceptors (Lipinski definition) is 6. The number of imidazole rings is 1. The Hall–Kier alpha value is -3.46. The van der Waals surface area contributed by atoms with Crippen LogP contribution in [0.15, 0.2) is 36.9 Å². The summed E-state index contributed by atoms with van der Waals surface area (Å²) in [5.74, 6) is -0.514. The van der Waals surface area contributed by atoms with Gasteiger partial charge in [-0.2, -0.15) is 0 Å². The maximum absolute atomic E-state index is 12.8. The molecule has 2 heterocycles. The van der Waals surface area contributed by atoms with Crippen molar-refractivity contribution in [3.8, 4) is 5.75 Å². The predicted molar refractivity (Wildman–Crippen MR) is 107 cm³/mol. The molecule has 0 spiro atoms. The van der Waals surface area contributed by atoms with E-state index in [9.17, 15) is 14.4 Å². The molecular formula is C20H23N5O4. The van der Waals surface area contributed by atoms with Crippen LogP contribution in [0.2, 0.25) is 0 Å². The van der Waals surface area contributed by atoms with Gasteiger partial charge in [-0.15, -0.1) is 0 Å². The minimum absolute atomic E-state index is 0.256. The first-order chi connectivity index (χ1) is 13.9. The number of ketones is 2. The first-order valence-electron chi connectivity index (χ1n) is 9.22. The van der Waals surface area contributed by atoms with Crippen LogP contribution in [0.1, 0.15) is 29.4 Å². The number of hydrogen-bond donors (Lipinski definition) is 3. The number of rotatable bonds is 8. The Balaban J connectivity index is 1.79. The zero-order valence-corrected chi connectivity index (χ0v) is 16.3. The predicted octanol–water partition coefficient (Wildman–Crippen LogP) is 2.05. The highest BCUT2D eigenvalue weighted by Crippen LogP contribution is 2.30. The third-order valence-corrected chi connectivity index (χ3v) is 4.69. The quantitative estimate of drug-likeness (QED) is 0.393. The number of fused-ring (bicyclic) bond motifs is 1. The third kappa shape index (κ3) is 4.52. The number of nitrogens with one attached hydrogen (secondary N) is 2. The molecule has 0 radical (unpaired) electrons. The van der Waals surface area contributed by atoms with Crippen LogP contribution in [-0.2, 0) is 11.2 Å². The van der Waals surface area contributed by atoms with E-state index in [0.717, 1.165) is 5.69 Å². The summed E-state index contributed by atoms with van der Waals surface area (Å²) in [5, 5.41) is 0.463. The van der Waals surface area contributed by atoms with Gasteiger partial charge in [-0.25, -0.2) is 9.78 Å². The van der Waals surface area contributed by atoms with Crippen molar-refractivity contribution in [1.82, 2.24) is 19.9 Å². The number of carbonyl (C=O) groups is 3. The Morgan fingerprint density at radius 3 is 2.76 bits per heavy atom. The average molecular weight is 397 g/mol. The number of ether oxygens (including phenoxy) is 1. The number of aromatic nitrogens is 3. The van der Waals surface area contributed by atoms with E-state index in [1.54, 1.807) is 31.4 Å². The summed E-state index contributed by atoms with van der Waals surface area (Å²) >= 11 is 0. The lowest BCUT2D eigenvalue weighted by Crippen LogP contribution is -2.34. The Kier molecular flexibility index (Phi) is 6.08. The molecule has 0 fully saturated rings. The molecule has 0 aliphatic rings. The summed E-state index contributed by atoms with van der Waals surface area (Å²) in [7, 11) is 1.62. The Labute approximate surface area is 167 Å². The van der Waals surface area contributed by atoms with Crippen LogP contribution in [0, 0.1) is 0 Å². The highest BCUT2D eigenvalue weighted by Gasteiger charge is 2.23. The molecular weight excluding hydrogens is 374 g/mol. The average Bonchev–Trinajstić information content (AvgIpc) is 3.37. The van der Waals surface area contributed by atoms with Gasteiger partial charge >= 0.3 is 6.09 Å². The number of Topliss-reactive ketones (excluding diaryl/α,β-unsaturated/α-hetero) is 2. The number of benzene rings is 1. The lowest BCUT2D eigenvalue weighted by molar-refractivity contribution is -0.119. The van der Waals surface area contributed by atoms with Gasteiger partial charge in [0.15, 0.2) is 11.6 Å². The molecule has 9 nitrogen and oxygen atoms in total. The van der Waals surface area contributed by atoms with E-state index in [1.165, 1.54) is 17.4 Å². The maximum Gasteiger partial charge on any atom is 0.414 e. The molecule has 1 aromatic carbocycles. The van der Waals surface area contributed by atoms with Gasteiger partial charge in [0.2, 0.25) is 0 Å². The van der Waals surface area contributed by atoms with E-state index in [4.69, 9.17) is 10.5 Å². The van der Waals surface area contributed by atoms with Crippen LogP contribution in [0.3, 0.4) is 0 Å². The summed E-state index contributed by atoms with van der Waals surface area (Å²) in [6.07, 6.45) is 4.00. The van der Waals surface area contributed by atoms with E-state index in [2.05, 4.69) is 15.0 Å². The van der Waals surface area contributed by atoms with Crippen molar-refractivity contribution in [1.29, 1.82) is 0 Å². The van der Waals surface area contributed by atoms with Crippen molar-refractivity contribution < 1.29 is 19.1 Å². The SMILES string of the molecule is CCN(C)C(=O)Oc1cccc2[nH]cc(C(=O)CC(=O)[C@@H](N)Cc3cnc[nH]3)c12. The number of aromatic amines is 2. The van der Waals surface area contributed by atoms with Gasteiger partial charge < -0.3 is 25.3 Å². The molecule has 1 amide bonds. The van der Waals surface area contributed by atoms with Gasteiger partial charge in [-0.1, -0.05) is 6.07 Å². The van der Waals surface area contributed by atoms with Gasteiger partial charge in [-0.3, -0.25) is 9.59 Å². The maximum atomic E-state index is 12.8. The monoisotopic (exact) mass is 397 g/mol. The van der Waals surface area contributed by atoms with Crippen LogP contribution in [-0.4, -0.2) is 57.1 Å². The normalized spacial score (nSPS) is 12.0. The van der Waals surface area contributed by atoms with E-state index >= 15 is 0 Å². The number of carbonyl (C=O) groups excluding carboxylic acids is 3. The molecule has 3 rings (SSSR count). The van der Waals surface area contributed by atoms with Crippen molar-refractivity contribution in [2.75, 3.05) is 13.6 Å². The second-order valence-corrected chi connectivity index (χ2v) is 6.72. The van der Waals surface area contributed by atoms with Crippen LogP contribution < -0.4 is 10.5 Å². The van der Waals surface area contributed by atoms with E-state index in [0.29, 0.717) is 17.4 Å². The number of nitrogens with two attached hydrogens (primary N) is 1. The molecule has 0 aliphatic carbocycles. The molecule has 4 N–H and O–H groups in total. The molecule has 2 aromatic heterocycles. The zero-order chi connectivity index (χ0) is 21.0. The number of H-pyrrole nitrogens is 2. The van der Waals surface area contributed by atoms with Crippen LogP contribution in [0.4, 0.5) is 4.79 Å². The molecule has 0 unspecified atom stereocenters. The highest BCUT2D eigenvalue weighted by atomic mass is 16.6. The van der Waals surface area contributed by atoms with Crippen molar-refractivity contribution in [3.63, 3.8) is 0 Å². The second-order valence-electron chi connectivity index (χ2n) is 6.72. The summed E-state index contributed by atoms with van der Waals surface area (Å²) < 4.78 is 5.45. The van der Waals surface area contributed by atoms with E-state index in [-0.39, 0.29) is 29.9 Å². The molecule has 0 saturated heterocycles. The molecule has 0 bridgehead atoms. The van der Waals surface area contributed by atoms with Crippen molar-refractivity contribution in [3.05, 3.63) is 48.2 Å². The summed E-state index contributed by atoms with van der Waals surface area (Å²) in [4.78, 5) is 48.5. The highest BCUT2D eigenvalue weighted by molar-refractivity contribution is 6.16. The van der Waals surface area contributed by atoms with Gasteiger partial charge in [0, 0.05) is 49.2 Å². The van der Waals surface area contributed by atoms with Gasteiger partial charge in [-0.05, 0) is 19.1 Å². The number of amides is 1. The van der Waals surface area contributed by atoms with Crippen LogP contribution in [0.25, 0.3) is 10.9 Å². The Morgan fingerprint density at radius 2 is 2.07 bits per heavy atom. The third-order valence-electron chi connectivity index (χ3n) is 4.69. The largest absolute Gasteiger partial charge is 0.414 e. The van der Waals surface area contributed by atoms with Gasteiger partial charge in [0.1, 0.15) is 5.75 Å². The summed E-state index contributed by atoms with van der Waals surface area (Å²) in [5.41, 5.74) is 7.57. The standard InChI is InChI=1S/C20H23N5O4/c1-3-25(2)20(28)29-18-6-4-5-15-19(18)13(10-23-15)16(26)8-17(27)14(21)7-12-9-22-11-24-12/h4-6,9-11,14,23H,3,7-8,21H2,1-2H3,(H,22,24)/t14-/m0/s1. The molecule has 3 aromatic rings. The fraction of sp³-hybridized carbons (Fsp3) is 0.300. The zero-order valence-electron chi connectivity index (χ0n) is 16.3. The van der Waals surface area contributed by atoms with Gasteiger partial charge in [0.25, 0.3) is 0 Å². The van der Waals surface area contributed by atoms with Crippen LogP contribution in [0.5, 0.6) is 5.75 Å². The van der Waals surface area contributed by atoms with Crippen molar-refractivity contribution in [2.45, 2.75) is 25.8 Å². The first kappa shape index (κ1) is 20.3. The topological polar surface area (TPSA) is 134 Å². The summed E-state index contributed by atoms with van der Waals surface area (Å²) in [6, 6.07) is 4.27. The van der Waals surface area contributed by atoms with Crippen LogP contribution >= 0.6 is 0 Å². The fourth-order valence-corrected chi connectivity index (χ4v) is 2.89. The molecule has 9 heteroatoms. The minimum Gasteiger partial charge on any atom is -0.409 e. The fourth-order valence-electron chi connectivity index (χ4n) is 2.89. The Bertz CT molecular complexity index is 1020. The summed E-state index contributed by atoms with van der Waals surface area (Å²) in [6.45, 7) is 2.31. The van der Waals surface area contributed by atoms with Crippen molar-refractivity contribution in [2.24, 2.45) is 5.73 Å². The molecule has 29 heavy (non-hydrogen) atoms. The second kappa shape index (κ2) is 8.70. The molecule has 152 valence electrons. The smallest absolute Gasteiger partial charge is 0.409 e. The minimum atomic E-state index is -0.819. The molecule has 0 aliphatic heterocycles.